The number of carbonyl (C=O) groups excluding carboxylic acids is 3. The van der Waals surface area contributed by atoms with Crippen LogP contribution in [0.4, 0.5) is 11.6 Å². The molecule has 3 amide bonds. The molecule has 0 radical (unpaired) electrons. The van der Waals surface area contributed by atoms with Gasteiger partial charge < -0.3 is 83.1 Å². The zero-order valence-corrected chi connectivity index (χ0v) is 53.8. The lowest BCUT2D eigenvalue weighted by atomic mass is 9.84. The fourth-order valence-electron chi connectivity index (χ4n) is 11.4. The van der Waals surface area contributed by atoms with Crippen molar-refractivity contribution in [2.24, 2.45) is 0 Å². The van der Waals surface area contributed by atoms with Gasteiger partial charge in [-0.3, -0.25) is 33.9 Å². The van der Waals surface area contributed by atoms with Crippen LogP contribution in [0.3, 0.4) is 0 Å². The van der Waals surface area contributed by atoms with Crippen LogP contribution in [0.5, 0.6) is 0 Å². The van der Waals surface area contributed by atoms with Gasteiger partial charge in [0.1, 0.15) is 24.4 Å². The number of hydrogen-bond acceptors (Lipinski definition) is 20. The van der Waals surface area contributed by atoms with E-state index >= 15 is 0 Å². The number of aromatic amines is 3. The maximum Gasteiger partial charge on any atom is 0.338 e. The summed E-state index contributed by atoms with van der Waals surface area (Å²) in [5.74, 6) is -5.75. The van der Waals surface area contributed by atoms with Crippen molar-refractivity contribution in [3.05, 3.63) is 127 Å². The van der Waals surface area contributed by atoms with E-state index in [0.29, 0.717) is 66.4 Å². The summed E-state index contributed by atoms with van der Waals surface area (Å²) in [7, 11) is 1.57. The molecule has 2 aliphatic rings. The molecule has 0 aliphatic carbocycles. The van der Waals surface area contributed by atoms with Crippen LogP contribution in [0.1, 0.15) is 151 Å². The molecular formula is C66H84N14O15. The van der Waals surface area contributed by atoms with Crippen molar-refractivity contribution >= 4 is 97.7 Å². The summed E-state index contributed by atoms with van der Waals surface area (Å²) in [6.45, 7) is 14.2. The fraction of sp³-hybridized carbons (Fsp3) is 0.424. The molecule has 2 aliphatic heterocycles. The SMILES string of the molecule is C=Cc1c(C)c2cc3nc(c(CC(=O)O)c4nc(cc5[nH]c(cc1[nH]2)c(C)c5CC)C(C)=C4C(=O)O)C(CCC(=O)NCCCCCCNC(=O)CCC(NC(=O)c1ccc(NCc2cnc4nc(N)[nH]c(=O)c4n2)cc1)C(=O)O)C3C.CNC[C@H](O)[C@@H](O)[C@H](O)[C@H](O)CO. The number of carbonyl (C=O) groups is 6. The number of unbranched alkanes of at least 4 members (excludes halogenated alkanes) is 3. The summed E-state index contributed by atoms with van der Waals surface area (Å²) in [5.41, 5.74) is 15.5. The van der Waals surface area contributed by atoms with E-state index in [1.54, 1.807) is 32.2 Å². The number of anilines is 2. The topological polar surface area (TPSA) is 479 Å². The minimum Gasteiger partial charge on any atom is -0.481 e. The second-order valence-corrected chi connectivity index (χ2v) is 23.4. The van der Waals surface area contributed by atoms with Crippen molar-refractivity contribution in [3.63, 3.8) is 0 Å². The highest BCUT2D eigenvalue weighted by atomic mass is 16.4. The Morgan fingerprint density at radius 3 is 2.05 bits per heavy atom. The average molecular weight is 1310 g/mol. The quantitative estimate of drug-likeness (QED) is 0.0285. The van der Waals surface area contributed by atoms with E-state index in [1.165, 1.54) is 18.3 Å². The number of nitrogen functional groups attached to an aromatic ring is 1. The molecule has 3 unspecified atom stereocenters. The maximum atomic E-state index is 13.5. The first-order valence-corrected chi connectivity index (χ1v) is 31.2. The first kappa shape index (κ1) is 72.6. The number of aromatic nitrogens is 8. The van der Waals surface area contributed by atoms with Gasteiger partial charge in [0.15, 0.2) is 11.2 Å². The lowest BCUT2D eigenvalue weighted by Crippen LogP contribution is -2.48. The number of nitrogens with zero attached hydrogens (tertiary/aromatic N) is 5. The third-order valence-corrected chi connectivity index (χ3v) is 16.8. The number of rotatable bonds is 30. The summed E-state index contributed by atoms with van der Waals surface area (Å²) in [6, 6.07) is 10.7. The van der Waals surface area contributed by atoms with Gasteiger partial charge in [0.05, 0.1) is 60.2 Å². The van der Waals surface area contributed by atoms with Crippen LogP contribution in [0.15, 0.2) is 60.0 Å². The molecule has 5 aromatic heterocycles. The van der Waals surface area contributed by atoms with Crippen molar-refractivity contribution in [1.29, 1.82) is 0 Å². The lowest BCUT2D eigenvalue weighted by molar-refractivity contribution is -0.139. The highest BCUT2D eigenvalue weighted by Gasteiger charge is 2.36. The number of benzene rings is 1. The van der Waals surface area contributed by atoms with E-state index in [9.17, 15) is 54.0 Å². The van der Waals surface area contributed by atoms with Gasteiger partial charge in [-0.2, -0.15) is 4.98 Å². The van der Waals surface area contributed by atoms with Crippen LogP contribution in [-0.2, 0) is 43.4 Å². The molecule has 8 bridgehead atoms. The van der Waals surface area contributed by atoms with Gasteiger partial charge in [-0.05, 0) is 125 Å². The van der Waals surface area contributed by atoms with Gasteiger partial charge >= 0.3 is 17.9 Å². The Kier molecular flexibility index (Phi) is 25.5. The Morgan fingerprint density at radius 2 is 1.43 bits per heavy atom. The number of amides is 3. The molecule has 7 atom stereocenters. The minimum atomic E-state index is -1.55. The molecule has 29 nitrogen and oxygen atoms in total. The van der Waals surface area contributed by atoms with Gasteiger partial charge in [0.25, 0.3) is 11.5 Å². The van der Waals surface area contributed by atoms with Crippen LogP contribution in [0, 0.1) is 13.8 Å². The van der Waals surface area contributed by atoms with Gasteiger partial charge in [-0.1, -0.05) is 39.3 Å². The van der Waals surface area contributed by atoms with E-state index in [-0.39, 0.29) is 96.0 Å². The zero-order chi connectivity index (χ0) is 69.4. The van der Waals surface area contributed by atoms with E-state index in [4.69, 9.17) is 36.1 Å². The van der Waals surface area contributed by atoms with Crippen molar-refractivity contribution in [2.45, 2.75) is 148 Å². The fourth-order valence-corrected chi connectivity index (χ4v) is 11.4. The third kappa shape index (κ3) is 18.3. The highest BCUT2D eigenvalue weighted by Crippen LogP contribution is 2.44. The number of aryl methyl sites for hydroxylation is 3. The number of carboxylic acids is 3. The number of aliphatic hydroxyl groups excluding tert-OH is 5. The molecule has 18 N–H and O–H groups in total. The number of hydrogen-bond donors (Lipinski definition) is 17. The number of allylic oxidation sites excluding steroid dienone is 1. The zero-order valence-electron chi connectivity index (χ0n) is 53.8. The normalized spacial score (nSPS) is 15.2. The summed E-state index contributed by atoms with van der Waals surface area (Å²) in [5, 5.41) is 89.7. The van der Waals surface area contributed by atoms with Crippen molar-refractivity contribution in [1.82, 2.24) is 61.1 Å². The van der Waals surface area contributed by atoms with Crippen molar-refractivity contribution in [2.75, 3.05) is 44.3 Å². The minimum absolute atomic E-state index is 0.0365. The second kappa shape index (κ2) is 33.4. The van der Waals surface area contributed by atoms with Gasteiger partial charge in [-0.15, -0.1) is 0 Å². The average Bonchev–Trinajstić information content (AvgIpc) is 1.62. The monoisotopic (exact) mass is 1310 g/mol. The number of fused-ring (bicyclic) bond motifs is 9. The number of likely N-dealkylation sites (N-methyl/N-ethyl adjacent to an activating group) is 1. The highest BCUT2D eigenvalue weighted by molar-refractivity contribution is 6.24. The molecule has 0 saturated carbocycles. The van der Waals surface area contributed by atoms with Gasteiger partial charge in [-0.25, -0.2) is 24.5 Å². The Hall–Kier alpha value is -9.78. The molecular weight excluding hydrogens is 1230 g/mol. The molecule has 8 rings (SSSR count). The molecule has 29 heteroatoms. The summed E-state index contributed by atoms with van der Waals surface area (Å²) >= 11 is 0. The first-order valence-electron chi connectivity index (χ1n) is 31.2. The van der Waals surface area contributed by atoms with Gasteiger partial charge in [0.2, 0.25) is 17.8 Å². The third-order valence-electron chi connectivity index (χ3n) is 16.8. The van der Waals surface area contributed by atoms with E-state index < -0.39 is 78.8 Å². The van der Waals surface area contributed by atoms with Gasteiger partial charge in [0, 0.05) is 94.5 Å². The summed E-state index contributed by atoms with van der Waals surface area (Å²) in [6.07, 6.45) is 0.654. The largest absolute Gasteiger partial charge is 0.481 e. The molecule has 0 spiro atoms. The number of aliphatic hydroxyl groups is 5. The van der Waals surface area contributed by atoms with Crippen molar-refractivity contribution < 1.29 is 69.6 Å². The van der Waals surface area contributed by atoms with Crippen LogP contribution < -0.4 is 37.9 Å². The summed E-state index contributed by atoms with van der Waals surface area (Å²) < 4.78 is 0. The molecule has 7 heterocycles. The number of aliphatic carboxylic acids is 3. The first-order chi connectivity index (χ1) is 45.3. The smallest absolute Gasteiger partial charge is 0.338 e. The standard InChI is InChI=1S/C59H67N13O10.C7H17NO5/c1-7-36-29(3)41-24-43-31(5)38(51(68-43)39(23-49(75)76)52-50(58(81)82)32(6)44(69-52)26-46-37(8-2)30(4)42(67-46)25-45(36)66-41)17-19-47(73)61-21-11-9-10-12-22-62-48(74)20-18-40(57(79)80)70-55(77)33-13-15-34(16-14-33)63-27-35-28-64-54-53(65-35)56(78)72-59(60)71-54;1-8-2-4(10)6(12)7(13)5(11)3-9/h7,13-16,24-26,28,31,38,40,63,66-67H,1,8-12,17-23,27H2,2-6H3,(H,61,73)(H,62,74)(H,70,77)(H,75,76)(H,79,80)(H,81,82)(H3,60,64,71,72,78);4-13H,2-3H2,1H3/t;4-,5+,6+,7+/m.0/s1. The van der Waals surface area contributed by atoms with E-state index in [1.807, 2.05) is 45.9 Å². The number of carboxylic acid groups (broad SMARTS) is 3. The molecule has 508 valence electrons. The van der Waals surface area contributed by atoms with E-state index in [2.05, 4.69) is 63.1 Å². The Morgan fingerprint density at radius 1 is 0.779 bits per heavy atom. The molecule has 0 saturated heterocycles. The predicted octanol–water partition coefficient (Wildman–Crippen LogP) is 3.77. The van der Waals surface area contributed by atoms with E-state index in [0.717, 1.165) is 57.2 Å². The number of nitrogens with two attached hydrogens (primary N) is 1. The Balaban J connectivity index is 0.000000883. The molecule has 6 aromatic rings. The molecule has 1 aromatic carbocycles. The molecule has 95 heavy (non-hydrogen) atoms. The second-order valence-electron chi connectivity index (χ2n) is 23.4. The lowest BCUT2D eigenvalue weighted by Gasteiger charge is -2.25. The van der Waals surface area contributed by atoms with Crippen LogP contribution in [0.2, 0.25) is 0 Å². The number of nitrogens with one attached hydrogen (secondary N) is 8. The van der Waals surface area contributed by atoms with Crippen LogP contribution >= 0.6 is 0 Å². The summed E-state index contributed by atoms with van der Waals surface area (Å²) in [4.78, 5) is 121. The Bertz CT molecular complexity index is 4090. The van der Waals surface area contributed by atoms with Crippen molar-refractivity contribution in [3.8, 4) is 0 Å². The van der Waals surface area contributed by atoms with Crippen LogP contribution in [0.25, 0.3) is 50.5 Å². The maximum absolute atomic E-state index is 13.5. The van der Waals surface area contributed by atoms with Crippen LogP contribution in [-0.4, -0.2) is 180 Å². The predicted molar refractivity (Wildman–Crippen MR) is 356 cm³/mol. The molecule has 0 fully saturated rings. The number of H-pyrrole nitrogens is 3. The Labute approximate surface area is 545 Å².